The monoisotopic (exact) mass is 203 g/mol. The fourth-order valence-corrected chi connectivity index (χ4v) is 2.10. The van der Waals surface area contributed by atoms with Crippen molar-refractivity contribution < 1.29 is 4.79 Å². The standard InChI is InChI=1S/C13H17NO/c15-13(12-6-2-1-3-7-12)9-11-5-4-8-14-10-11/h1-3,6-7,11,14H,4-5,8-10H2/t11-/m1/s1. The van der Waals surface area contributed by atoms with Crippen molar-refractivity contribution in [2.45, 2.75) is 19.3 Å². The summed E-state index contributed by atoms with van der Waals surface area (Å²) in [5.41, 5.74) is 0.850. The van der Waals surface area contributed by atoms with Crippen molar-refractivity contribution in [3.63, 3.8) is 0 Å². The molecule has 1 fully saturated rings. The maximum atomic E-state index is 11.9. The molecule has 2 nitrogen and oxygen atoms in total. The Bertz CT molecular complexity index is 315. The van der Waals surface area contributed by atoms with Gasteiger partial charge in [-0.3, -0.25) is 4.79 Å². The minimum atomic E-state index is 0.282. The summed E-state index contributed by atoms with van der Waals surface area (Å²) in [6.45, 7) is 2.11. The van der Waals surface area contributed by atoms with Gasteiger partial charge in [-0.2, -0.15) is 0 Å². The van der Waals surface area contributed by atoms with Gasteiger partial charge in [0.05, 0.1) is 0 Å². The van der Waals surface area contributed by atoms with E-state index in [1.54, 1.807) is 0 Å². The van der Waals surface area contributed by atoms with Crippen LogP contribution in [-0.2, 0) is 0 Å². The maximum absolute atomic E-state index is 11.9. The normalized spacial score (nSPS) is 21.2. The molecule has 2 rings (SSSR count). The van der Waals surface area contributed by atoms with E-state index in [4.69, 9.17) is 0 Å². The summed E-state index contributed by atoms with van der Waals surface area (Å²) in [6.07, 6.45) is 3.08. The smallest absolute Gasteiger partial charge is 0.163 e. The molecule has 0 amide bonds. The van der Waals surface area contributed by atoms with Crippen LogP contribution in [0.15, 0.2) is 30.3 Å². The van der Waals surface area contributed by atoms with Gasteiger partial charge in [-0.25, -0.2) is 0 Å². The lowest BCUT2D eigenvalue weighted by molar-refractivity contribution is 0.0954. The largest absolute Gasteiger partial charge is 0.316 e. The van der Waals surface area contributed by atoms with Crippen LogP contribution in [0.1, 0.15) is 29.6 Å². The molecule has 0 aromatic heterocycles. The van der Waals surface area contributed by atoms with E-state index in [9.17, 15) is 4.79 Å². The summed E-state index contributed by atoms with van der Waals surface area (Å²) >= 11 is 0. The van der Waals surface area contributed by atoms with Gasteiger partial charge in [-0.05, 0) is 31.8 Å². The first-order chi connectivity index (χ1) is 7.36. The lowest BCUT2D eigenvalue weighted by atomic mass is 9.92. The van der Waals surface area contributed by atoms with E-state index in [2.05, 4.69) is 5.32 Å². The molecular weight excluding hydrogens is 186 g/mol. The van der Waals surface area contributed by atoms with E-state index in [1.807, 2.05) is 30.3 Å². The number of piperidine rings is 1. The zero-order valence-electron chi connectivity index (χ0n) is 8.91. The SMILES string of the molecule is O=C(C[C@H]1CCCNC1)c1ccccc1. The van der Waals surface area contributed by atoms with E-state index < -0.39 is 0 Å². The van der Waals surface area contributed by atoms with E-state index in [0.29, 0.717) is 12.3 Å². The molecule has 1 aliphatic rings. The molecule has 1 N–H and O–H groups in total. The number of hydrogen-bond acceptors (Lipinski definition) is 2. The topological polar surface area (TPSA) is 29.1 Å². The molecule has 1 aliphatic heterocycles. The van der Waals surface area contributed by atoms with E-state index in [0.717, 1.165) is 18.7 Å². The molecule has 0 spiro atoms. The van der Waals surface area contributed by atoms with Crippen molar-refractivity contribution in [1.29, 1.82) is 0 Å². The van der Waals surface area contributed by atoms with Crippen LogP contribution >= 0.6 is 0 Å². The zero-order valence-corrected chi connectivity index (χ0v) is 8.91. The third-order valence-electron chi connectivity index (χ3n) is 2.97. The molecule has 0 radical (unpaired) electrons. The highest BCUT2D eigenvalue weighted by Gasteiger charge is 2.17. The molecule has 80 valence electrons. The maximum Gasteiger partial charge on any atom is 0.163 e. The predicted octanol–water partition coefficient (Wildman–Crippen LogP) is 2.26. The molecule has 15 heavy (non-hydrogen) atoms. The number of Topliss-reactive ketones (excluding diaryl/α,β-unsaturated/α-hetero) is 1. The number of nitrogens with one attached hydrogen (secondary N) is 1. The number of ketones is 1. The third kappa shape index (κ3) is 2.90. The quantitative estimate of drug-likeness (QED) is 0.763. The second-order valence-corrected chi connectivity index (χ2v) is 4.21. The predicted molar refractivity (Wildman–Crippen MR) is 61.0 cm³/mol. The second kappa shape index (κ2) is 5.08. The van der Waals surface area contributed by atoms with E-state index >= 15 is 0 Å². The first kappa shape index (κ1) is 10.4. The highest BCUT2D eigenvalue weighted by Crippen LogP contribution is 2.16. The van der Waals surface area contributed by atoms with Crippen LogP contribution in [0.3, 0.4) is 0 Å². The minimum absolute atomic E-state index is 0.282. The third-order valence-corrected chi connectivity index (χ3v) is 2.97. The van der Waals surface area contributed by atoms with Gasteiger partial charge in [0.25, 0.3) is 0 Å². The molecule has 0 aliphatic carbocycles. The lowest BCUT2D eigenvalue weighted by Crippen LogP contribution is -2.31. The number of hydrogen-bond donors (Lipinski definition) is 1. The van der Waals surface area contributed by atoms with Gasteiger partial charge in [-0.1, -0.05) is 30.3 Å². The fraction of sp³-hybridized carbons (Fsp3) is 0.462. The first-order valence-electron chi connectivity index (χ1n) is 5.65. The Kier molecular flexibility index (Phi) is 3.51. The van der Waals surface area contributed by atoms with Crippen LogP contribution in [0.4, 0.5) is 0 Å². The molecular formula is C13H17NO. The Balaban J connectivity index is 1.91. The lowest BCUT2D eigenvalue weighted by Gasteiger charge is -2.21. The number of benzene rings is 1. The zero-order chi connectivity index (χ0) is 10.5. The van der Waals surface area contributed by atoms with Crippen molar-refractivity contribution in [2.75, 3.05) is 13.1 Å². The number of carbonyl (C=O) groups is 1. The summed E-state index contributed by atoms with van der Waals surface area (Å²) < 4.78 is 0. The summed E-state index contributed by atoms with van der Waals surface area (Å²) in [5.74, 6) is 0.816. The Labute approximate surface area is 90.7 Å². The molecule has 2 heteroatoms. The highest BCUT2D eigenvalue weighted by atomic mass is 16.1. The Morgan fingerprint density at radius 2 is 2.13 bits per heavy atom. The first-order valence-corrected chi connectivity index (χ1v) is 5.65. The molecule has 1 aromatic rings. The molecule has 0 saturated carbocycles. The van der Waals surface area contributed by atoms with Crippen molar-refractivity contribution in [3.05, 3.63) is 35.9 Å². The summed E-state index contributed by atoms with van der Waals surface area (Å²) in [5, 5.41) is 3.34. The molecule has 1 aromatic carbocycles. The van der Waals surface area contributed by atoms with Crippen LogP contribution in [0.5, 0.6) is 0 Å². The number of carbonyl (C=O) groups excluding carboxylic acids is 1. The van der Waals surface area contributed by atoms with Gasteiger partial charge in [0.1, 0.15) is 0 Å². The van der Waals surface area contributed by atoms with Crippen molar-refractivity contribution in [3.8, 4) is 0 Å². The van der Waals surface area contributed by atoms with Crippen LogP contribution in [0, 0.1) is 5.92 Å². The van der Waals surface area contributed by atoms with Gasteiger partial charge in [-0.15, -0.1) is 0 Å². The average molecular weight is 203 g/mol. The summed E-state index contributed by atoms with van der Waals surface area (Å²) in [6, 6.07) is 9.59. The van der Waals surface area contributed by atoms with Crippen LogP contribution in [0.25, 0.3) is 0 Å². The molecule has 0 unspecified atom stereocenters. The molecule has 1 atom stereocenters. The molecule has 0 bridgehead atoms. The molecule has 1 heterocycles. The second-order valence-electron chi connectivity index (χ2n) is 4.21. The Morgan fingerprint density at radius 3 is 2.80 bits per heavy atom. The summed E-state index contributed by atoms with van der Waals surface area (Å²) in [4.78, 5) is 11.9. The average Bonchev–Trinajstić information content (AvgIpc) is 2.31. The van der Waals surface area contributed by atoms with Crippen LogP contribution in [-0.4, -0.2) is 18.9 Å². The Hall–Kier alpha value is -1.15. The van der Waals surface area contributed by atoms with Crippen molar-refractivity contribution in [1.82, 2.24) is 5.32 Å². The number of rotatable bonds is 3. The van der Waals surface area contributed by atoms with Gasteiger partial charge in [0, 0.05) is 12.0 Å². The van der Waals surface area contributed by atoms with Crippen molar-refractivity contribution >= 4 is 5.78 Å². The summed E-state index contributed by atoms with van der Waals surface area (Å²) in [7, 11) is 0. The van der Waals surface area contributed by atoms with Gasteiger partial charge in [0.2, 0.25) is 0 Å². The minimum Gasteiger partial charge on any atom is -0.316 e. The van der Waals surface area contributed by atoms with Crippen LogP contribution in [0.2, 0.25) is 0 Å². The Morgan fingerprint density at radius 1 is 1.33 bits per heavy atom. The fourth-order valence-electron chi connectivity index (χ4n) is 2.10. The van der Waals surface area contributed by atoms with Gasteiger partial charge < -0.3 is 5.32 Å². The van der Waals surface area contributed by atoms with Gasteiger partial charge in [0.15, 0.2) is 5.78 Å². The van der Waals surface area contributed by atoms with E-state index in [1.165, 1.54) is 12.8 Å². The highest BCUT2D eigenvalue weighted by molar-refractivity contribution is 5.96. The van der Waals surface area contributed by atoms with Gasteiger partial charge >= 0.3 is 0 Å². The van der Waals surface area contributed by atoms with E-state index in [-0.39, 0.29) is 5.78 Å². The van der Waals surface area contributed by atoms with Crippen LogP contribution < -0.4 is 5.32 Å². The molecule has 1 saturated heterocycles. The van der Waals surface area contributed by atoms with Crippen molar-refractivity contribution in [2.24, 2.45) is 5.92 Å².